The van der Waals surface area contributed by atoms with Crippen molar-refractivity contribution in [2.24, 2.45) is 0 Å². The number of anilines is 1. The van der Waals surface area contributed by atoms with Crippen LogP contribution in [-0.2, 0) is 6.54 Å². The Morgan fingerprint density at radius 2 is 2.17 bits per heavy atom. The lowest BCUT2D eigenvalue weighted by Crippen LogP contribution is -2.00. The average Bonchev–Trinajstić information content (AvgIpc) is 2.81. The van der Waals surface area contributed by atoms with Crippen LogP contribution in [0.4, 0.5) is 5.69 Å². The SMILES string of the molecule is Cc1ncc(CNc2ccc(OCC#N)cc2)[nH]1. The minimum atomic E-state index is 0.0696. The zero-order chi connectivity index (χ0) is 12.8. The van der Waals surface area contributed by atoms with Crippen LogP contribution in [0, 0.1) is 18.3 Å². The fourth-order valence-electron chi connectivity index (χ4n) is 1.54. The maximum absolute atomic E-state index is 8.40. The van der Waals surface area contributed by atoms with Crippen molar-refractivity contribution >= 4 is 5.69 Å². The Labute approximate surface area is 105 Å². The van der Waals surface area contributed by atoms with Gasteiger partial charge < -0.3 is 15.0 Å². The van der Waals surface area contributed by atoms with Gasteiger partial charge in [-0.2, -0.15) is 5.26 Å². The third kappa shape index (κ3) is 3.25. The van der Waals surface area contributed by atoms with Crippen molar-refractivity contribution in [1.29, 1.82) is 5.26 Å². The molecule has 1 heterocycles. The normalized spacial score (nSPS) is 9.78. The molecule has 2 N–H and O–H groups in total. The minimum absolute atomic E-state index is 0.0696. The second-order valence-corrected chi connectivity index (χ2v) is 3.82. The third-order valence-corrected chi connectivity index (χ3v) is 2.40. The van der Waals surface area contributed by atoms with Gasteiger partial charge in [0, 0.05) is 5.69 Å². The maximum Gasteiger partial charge on any atom is 0.174 e. The lowest BCUT2D eigenvalue weighted by Gasteiger charge is -2.06. The molecule has 2 aromatic rings. The summed E-state index contributed by atoms with van der Waals surface area (Å²) in [6.45, 7) is 2.68. The van der Waals surface area contributed by atoms with E-state index in [9.17, 15) is 0 Å². The van der Waals surface area contributed by atoms with Crippen molar-refractivity contribution in [3.05, 3.63) is 42.0 Å². The van der Waals surface area contributed by atoms with Crippen molar-refractivity contribution < 1.29 is 4.74 Å². The summed E-state index contributed by atoms with van der Waals surface area (Å²) in [6, 6.07) is 9.42. The molecule has 0 aliphatic rings. The fraction of sp³-hybridized carbons (Fsp3) is 0.231. The van der Waals surface area contributed by atoms with Crippen molar-refractivity contribution in [1.82, 2.24) is 9.97 Å². The van der Waals surface area contributed by atoms with Crippen molar-refractivity contribution in [2.45, 2.75) is 13.5 Å². The van der Waals surface area contributed by atoms with Crippen LogP contribution in [-0.4, -0.2) is 16.6 Å². The van der Waals surface area contributed by atoms with Crippen LogP contribution in [0.25, 0.3) is 0 Å². The Kier molecular flexibility index (Phi) is 3.82. The predicted octanol–water partition coefficient (Wildman–Crippen LogP) is 2.23. The Morgan fingerprint density at radius 1 is 1.39 bits per heavy atom. The molecule has 0 aliphatic heterocycles. The lowest BCUT2D eigenvalue weighted by atomic mass is 10.3. The number of hydrogen-bond acceptors (Lipinski definition) is 4. The van der Waals surface area contributed by atoms with Gasteiger partial charge in [0.2, 0.25) is 0 Å². The van der Waals surface area contributed by atoms with E-state index in [0.29, 0.717) is 12.3 Å². The Hall–Kier alpha value is -2.48. The van der Waals surface area contributed by atoms with E-state index in [1.807, 2.05) is 43.5 Å². The van der Waals surface area contributed by atoms with Crippen LogP contribution in [0.15, 0.2) is 30.5 Å². The van der Waals surface area contributed by atoms with Crippen molar-refractivity contribution in [3.8, 4) is 11.8 Å². The van der Waals surface area contributed by atoms with Gasteiger partial charge in [0.05, 0.1) is 18.4 Å². The monoisotopic (exact) mass is 242 g/mol. The molecule has 18 heavy (non-hydrogen) atoms. The molecule has 92 valence electrons. The van der Waals surface area contributed by atoms with E-state index >= 15 is 0 Å². The number of nitriles is 1. The Balaban J connectivity index is 1.88. The molecule has 0 amide bonds. The smallest absolute Gasteiger partial charge is 0.174 e. The van der Waals surface area contributed by atoms with Gasteiger partial charge in [-0.25, -0.2) is 4.98 Å². The first-order valence-corrected chi connectivity index (χ1v) is 5.62. The van der Waals surface area contributed by atoms with Crippen molar-refractivity contribution in [3.63, 3.8) is 0 Å². The first-order chi connectivity index (χ1) is 8.78. The molecule has 0 bridgehead atoms. The van der Waals surface area contributed by atoms with Crippen LogP contribution in [0.5, 0.6) is 5.75 Å². The number of nitrogens with zero attached hydrogens (tertiary/aromatic N) is 2. The largest absolute Gasteiger partial charge is 0.479 e. The Bertz CT molecular complexity index is 539. The molecule has 0 saturated carbocycles. The standard InChI is InChI=1S/C13H14N4O/c1-10-15-8-12(17-10)9-16-11-2-4-13(5-3-11)18-7-6-14/h2-5,8,16H,7,9H2,1H3,(H,15,17). The molecule has 0 spiro atoms. The van der Waals surface area contributed by atoms with Gasteiger partial charge in [-0.05, 0) is 31.2 Å². The molecule has 0 atom stereocenters. The topological polar surface area (TPSA) is 73.7 Å². The molecule has 5 heteroatoms. The van der Waals surface area contributed by atoms with Crippen LogP contribution < -0.4 is 10.1 Å². The number of ether oxygens (including phenoxy) is 1. The first kappa shape index (κ1) is 12.0. The molecule has 0 unspecified atom stereocenters. The summed E-state index contributed by atoms with van der Waals surface area (Å²) in [5.41, 5.74) is 2.03. The van der Waals surface area contributed by atoms with Crippen molar-refractivity contribution in [2.75, 3.05) is 11.9 Å². The zero-order valence-electron chi connectivity index (χ0n) is 10.1. The third-order valence-electron chi connectivity index (χ3n) is 2.40. The maximum atomic E-state index is 8.40. The number of nitrogens with one attached hydrogen (secondary N) is 2. The summed E-state index contributed by atoms with van der Waals surface area (Å²) in [5, 5.41) is 11.7. The molecule has 5 nitrogen and oxygen atoms in total. The number of hydrogen-bond donors (Lipinski definition) is 2. The summed E-state index contributed by atoms with van der Waals surface area (Å²) in [6.07, 6.45) is 1.81. The highest BCUT2D eigenvalue weighted by Gasteiger charge is 1.98. The van der Waals surface area contributed by atoms with E-state index in [2.05, 4.69) is 15.3 Å². The molecule has 2 rings (SSSR count). The quantitative estimate of drug-likeness (QED) is 0.843. The number of rotatable bonds is 5. The van der Waals surface area contributed by atoms with E-state index < -0.39 is 0 Å². The lowest BCUT2D eigenvalue weighted by molar-refractivity contribution is 0.368. The second kappa shape index (κ2) is 5.73. The number of benzene rings is 1. The molecule has 0 saturated heterocycles. The summed E-state index contributed by atoms with van der Waals surface area (Å²) in [7, 11) is 0. The van der Waals surface area contributed by atoms with Gasteiger partial charge in [0.25, 0.3) is 0 Å². The summed E-state index contributed by atoms with van der Waals surface area (Å²) in [5.74, 6) is 1.60. The molecule has 1 aromatic carbocycles. The van der Waals surface area contributed by atoms with Crippen LogP contribution in [0.2, 0.25) is 0 Å². The molecular formula is C13H14N4O. The average molecular weight is 242 g/mol. The number of aromatic nitrogens is 2. The first-order valence-electron chi connectivity index (χ1n) is 5.62. The van der Waals surface area contributed by atoms with Gasteiger partial charge in [0.1, 0.15) is 17.6 Å². The second-order valence-electron chi connectivity index (χ2n) is 3.82. The molecular weight excluding hydrogens is 228 g/mol. The fourth-order valence-corrected chi connectivity index (χ4v) is 1.54. The number of imidazole rings is 1. The summed E-state index contributed by atoms with van der Waals surface area (Å²) in [4.78, 5) is 7.28. The predicted molar refractivity (Wildman–Crippen MR) is 68.2 cm³/mol. The highest BCUT2D eigenvalue weighted by molar-refractivity contribution is 5.46. The van der Waals surface area contributed by atoms with Crippen LogP contribution in [0.1, 0.15) is 11.5 Å². The minimum Gasteiger partial charge on any atom is -0.479 e. The highest BCUT2D eigenvalue weighted by atomic mass is 16.5. The molecule has 1 aromatic heterocycles. The van der Waals surface area contributed by atoms with E-state index in [4.69, 9.17) is 10.00 Å². The highest BCUT2D eigenvalue weighted by Crippen LogP contribution is 2.16. The van der Waals surface area contributed by atoms with Gasteiger partial charge >= 0.3 is 0 Å². The van der Waals surface area contributed by atoms with Crippen LogP contribution in [0.3, 0.4) is 0 Å². The molecule has 0 radical (unpaired) electrons. The molecule has 0 aliphatic carbocycles. The van der Waals surface area contributed by atoms with E-state index in [-0.39, 0.29) is 6.61 Å². The van der Waals surface area contributed by atoms with E-state index in [1.165, 1.54) is 0 Å². The molecule has 0 fully saturated rings. The van der Waals surface area contributed by atoms with Crippen LogP contribution >= 0.6 is 0 Å². The number of aromatic amines is 1. The van der Waals surface area contributed by atoms with Gasteiger partial charge in [0.15, 0.2) is 6.61 Å². The number of aryl methyl sites for hydroxylation is 1. The van der Waals surface area contributed by atoms with Gasteiger partial charge in [-0.3, -0.25) is 0 Å². The van der Waals surface area contributed by atoms with Gasteiger partial charge in [-0.15, -0.1) is 0 Å². The Morgan fingerprint density at radius 3 is 2.78 bits per heavy atom. The zero-order valence-corrected chi connectivity index (χ0v) is 10.1. The summed E-state index contributed by atoms with van der Waals surface area (Å²) >= 11 is 0. The number of H-pyrrole nitrogens is 1. The van der Waals surface area contributed by atoms with E-state index in [0.717, 1.165) is 17.2 Å². The summed E-state index contributed by atoms with van der Waals surface area (Å²) < 4.78 is 5.17. The van der Waals surface area contributed by atoms with Gasteiger partial charge in [-0.1, -0.05) is 0 Å². The van der Waals surface area contributed by atoms with E-state index in [1.54, 1.807) is 0 Å².